The highest BCUT2D eigenvalue weighted by Crippen LogP contribution is 2.23. The van der Waals surface area contributed by atoms with E-state index in [4.69, 9.17) is 54.2 Å². The van der Waals surface area contributed by atoms with Gasteiger partial charge in [-0.15, -0.1) is 0 Å². The van der Waals surface area contributed by atoms with Crippen molar-refractivity contribution < 1.29 is 66.7 Å². The highest BCUT2D eigenvalue weighted by Gasteiger charge is 2.34. The Bertz CT molecular complexity index is 1580. The van der Waals surface area contributed by atoms with Crippen LogP contribution in [0.5, 0.6) is 0 Å². The first kappa shape index (κ1) is 68.8. The maximum atomic E-state index is 13.7. The quantitative estimate of drug-likeness (QED) is 0.0310. The second-order valence-corrected chi connectivity index (χ2v) is 24.0. The van der Waals surface area contributed by atoms with Crippen molar-refractivity contribution in [3.8, 4) is 0 Å². The third-order valence-corrected chi connectivity index (χ3v) is 11.1. The lowest BCUT2D eigenvalue weighted by molar-refractivity contribution is -0.158. The average Bonchev–Trinajstić information content (AvgIpc) is 3.19. The van der Waals surface area contributed by atoms with Crippen molar-refractivity contribution in [1.82, 2.24) is 21.0 Å². The Morgan fingerprint density at radius 3 is 1.26 bits per heavy atom. The van der Waals surface area contributed by atoms with E-state index < -0.39 is 57.7 Å². The molecule has 20 heteroatoms. The number of carbonyl (C=O) groups excluding carboxylic acids is 5. The van der Waals surface area contributed by atoms with Gasteiger partial charge in [0.05, 0.1) is 66.6 Å². The van der Waals surface area contributed by atoms with E-state index in [9.17, 15) is 24.0 Å². The van der Waals surface area contributed by atoms with E-state index in [1.807, 2.05) is 83.1 Å². The molecule has 0 heterocycles. The number of carbonyl (C=O) groups is 5. The SMILES string of the molecule is CC(C)(C)OC(=O)N(OCCOC(C)(C)CCOC(C)(C)CCNC(=O)[C@H](CCCCNC(=O)COC(C)(C)CCOC(C)(C)CCN)NC(=O)COC(C)(C)CCOC(C)(C)CCN)C(=O)OC(C)(C)C. The van der Waals surface area contributed by atoms with E-state index in [1.165, 1.54) is 0 Å². The molecular weight excluding hydrogens is 933 g/mol. The van der Waals surface area contributed by atoms with Crippen molar-refractivity contribution in [3.05, 3.63) is 0 Å². The van der Waals surface area contributed by atoms with Gasteiger partial charge in [0.25, 0.3) is 0 Å². The number of imide groups is 1. The minimum atomic E-state index is -1.00. The molecule has 0 aromatic heterocycles. The second-order valence-electron chi connectivity index (χ2n) is 24.0. The smallest absolute Gasteiger partial charge is 0.442 e. The van der Waals surface area contributed by atoms with Gasteiger partial charge in [-0.2, -0.15) is 0 Å². The van der Waals surface area contributed by atoms with Gasteiger partial charge in [0.1, 0.15) is 30.5 Å². The summed E-state index contributed by atoms with van der Waals surface area (Å²) in [5.74, 6) is -1.03. The molecule has 0 saturated carbocycles. The van der Waals surface area contributed by atoms with Crippen LogP contribution in [0.15, 0.2) is 0 Å². The molecule has 0 aromatic carbocycles. The number of nitrogens with zero attached hydrogens (tertiary/aromatic N) is 1. The number of rotatable bonds is 37. The molecule has 0 spiro atoms. The standard InChI is InChI=1S/C52H102N6O14/c1-45(2,3)71-43(62)58(44(63)72-46(4,5)6)70-36-35-67-50(13,14)25-32-66-49(11,12)24-31-56-42(61)39(57-41(60)38-69-52(17,18)27-34-65-48(9,10)23-29-54)21-19-20-30-55-40(59)37-68-51(15,16)26-33-64-47(7,8)22-28-53/h39H,19-38,53-54H2,1-18H3,(H,55,59)(H,56,61)(H,57,60)/t39-/m0/s1. The fraction of sp³-hybridized carbons (Fsp3) is 0.904. The second kappa shape index (κ2) is 31.6. The zero-order valence-electron chi connectivity index (χ0n) is 48.0. The zero-order valence-corrected chi connectivity index (χ0v) is 48.0. The van der Waals surface area contributed by atoms with Crippen molar-refractivity contribution in [2.45, 2.75) is 233 Å². The molecule has 0 aromatic rings. The Morgan fingerprint density at radius 1 is 0.444 bits per heavy atom. The van der Waals surface area contributed by atoms with Crippen LogP contribution in [0, 0.1) is 0 Å². The monoisotopic (exact) mass is 1030 g/mol. The third-order valence-electron chi connectivity index (χ3n) is 11.1. The summed E-state index contributed by atoms with van der Waals surface area (Å²) in [4.78, 5) is 70.5. The molecule has 0 aliphatic rings. The maximum absolute atomic E-state index is 13.7. The largest absolute Gasteiger partial charge is 0.444 e. The van der Waals surface area contributed by atoms with Gasteiger partial charge in [0.15, 0.2) is 0 Å². The normalized spacial score (nSPS) is 13.6. The van der Waals surface area contributed by atoms with Crippen molar-refractivity contribution in [3.63, 3.8) is 0 Å². The first-order valence-corrected chi connectivity index (χ1v) is 25.8. The Kier molecular flexibility index (Phi) is 30.2. The van der Waals surface area contributed by atoms with Crippen LogP contribution in [-0.2, 0) is 57.1 Å². The van der Waals surface area contributed by atoms with Crippen LogP contribution in [0.2, 0.25) is 0 Å². The molecule has 0 aliphatic carbocycles. The lowest BCUT2D eigenvalue weighted by atomic mass is 10.0. The summed E-state index contributed by atoms with van der Waals surface area (Å²) in [6.45, 7) is 35.7. The number of hydrogen-bond donors (Lipinski definition) is 5. The highest BCUT2D eigenvalue weighted by atomic mass is 16.8. The molecule has 1 atom stereocenters. The number of hydroxylamine groups is 2. The fourth-order valence-electron chi connectivity index (χ4n) is 6.47. The van der Waals surface area contributed by atoms with E-state index in [1.54, 1.807) is 41.5 Å². The van der Waals surface area contributed by atoms with Crippen molar-refractivity contribution in [2.75, 3.05) is 72.4 Å². The molecule has 20 nitrogen and oxygen atoms in total. The Labute approximate surface area is 433 Å². The van der Waals surface area contributed by atoms with E-state index in [0.29, 0.717) is 95.9 Å². The van der Waals surface area contributed by atoms with Crippen LogP contribution in [0.3, 0.4) is 0 Å². The van der Waals surface area contributed by atoms with Gasteiger partial charge in [0, 0.05) is 13.1 Å². The Hall–Kier alpha value is -3.21. The molecular formula is C52H102N6O14. The van der Waals surface area contributed by atoms with Gasteiger partial charge >= 0.3 is 12.2 Å². The van der Waals surface area contributed by atoms with Crippen LogP contribution in [-0.4, -0.2) is 158 Å². The third kappa shape index (κ3) is 35.9. The summed E-state index contributed by atoms with van der Waals surface area (Å²) in [5.41, 5.74) is 6.41. The van der Waals surface area contributed by atoms with Crippen LogP contribution in [0.25, 0.3) is 0 Å². The molecule has 424 valence electrons. The molecule has 0 rings (SSSR count). The van der Waals surface area contributed by atoms with E-state index in [2.05, 4.69) is 16.0 Å². The predicted molar refractivity (Wildman–Crippen MR) is 278 cm³/mol. The number of amides is 5. The average molecular weight is 1040 g/mol. The summed E-state index contributed by atoms with van der Waals surface area (Å²) < 4.78 is 46.8. The fourth-order valence-corrected chi connectivity index (χ4v) is 6.47. The van der Waals surface area contributed by atoms with Crippen LogP contribution in [0.4, 0.5) is 9.59 Å². The van der Waals surface area contributed by atoms with Gasteiger partial charge in [-0.3, -0.25) is 19.2 Å². The maximum Gasteiger partial charge on any atom is 0.444 e. The summed E-state index contributed by atoms with van der Waals surface area (Å²) in [5, 5.41) is 9.18. The number of ether oxygens (including phenoxy) is 8. The number of nitrogens with one attached hydrogen (secondary N) is 3. The van der Waals surface area contributed by atoms with Crippen molar-refractivity contribution in [1.29, 1.82) is 0 Å². The highest BCUT2D eigenvalue weighted by molar-refractivity contribution is 5.88. The summed E-state index contributed by atoms with van der Waals surface area (Å²) in [7, 11) is 0. The molecule has 72 heavy (non-hydrogen) atoms. The van der Waals surface area contributed by atoms with E-state index >= 15 is 0 Å². The van der Waals surface area contributed by atoms with E-state index in [-0.39, 0.29) is 56.0 Å². The van der Waals surface area contributed by atoms with Gasteiger partial charge in [-0.1, -0.05) is 5.06 Å². The van der Waals surface area contributed by atoms with Crippen LogP contribution < -0.4 is 27.4 Å². The number of nitrogens with two attached hydrogens (primary N) is 2. The molecule has 5 amide bonds. The lowest BCUT2D eigenvalue weighted by Crippen LogP contribution is -2.49. The molecule has 0 radical (unpaired) electrons. The Balaban J connectivity index is 5.35. The number of unbranched alkanes of at least 4 members (excludes halogenated alkanes) is 1. The first-order valence-electron chi connectivity index (χ1n) is 25.8. The van der Waals surface area contributed by atoms with Crippen LogP contribution in [0.1, 0.15) is 182 Å². The molecule has 0 fully saturated rings. The molecule has 0 bridgehead atoms. The van der Waals surface area contributed by atoms with Crippen molar-refractivity contribution in [2.24, 2.45) is 11.5 Å². The van der Waals surface area contributed by atoms with Gasteiger partial charge < -0.3 is 65.3 Å². The van der Waals surface area contributed by atoms with E-state index in [0.717, 1.165) is 6.42 Å². The summed E-state index contributed by atoms with van der Waals surface area (Å²) >= 11 is 0. The molecule has 0 saturated heterocycles. The first-order chi connectivity index (χ1) is 32.8. The molecule has 7 N–H and O–H groups in total. The molecule has 0 unspecified atom stereocenters. The summed E-state index contributed by atoms with van der Waals surface area (Å²) in [6.07, 6.45) is 2.96. The van der Waals surface area contributed by atoms with Gasteiger partial charge in [0.2, 0.25) is 17.7 Å². The topological polar surface area (TPSA) is 260 Å². The summed E-state index contributed by atoms with van der Waals surface area (Å²) in [6, 6.07) is -0.854. The lowest BCUT2D eigenvalue weighted by Gasteiger charge is -2.30. The minimum absolute atomic E-state index is 0.0451. The van der Waals surface area contributed by atoms with Gasteiger partial charge in [-0.25, -0.2) is 9.59 Å². The predicted octanol–water partition coefficient (Wildman–Crippen LogP) is 7.01. The van der Waals surface area contributed by atoms with Crippen molar-refractivity contribution >= 4 is 29.9 Å². The number of hydrogen-bond acceptors (Lipinski definition) is 16. The minimum Gasteiger partial charge on any atom is -0.442 e. The Morgan fingerprint density at radius 2 is 0.833 bits per heavy atom. The van der Waals surface area contributed by atoms with Crippen LogP contribution >= 0.6 is 0 Å². The zero-order chi connectivity index (χ0) is 55.7. The van der Waals surface area contributed by atoms with Gasteiger partial charge in [-0.05, 0) is 196 Å². The molecule has 0 aliphatic heterocycles.